The number of para-hydroxylation sites is 2. The van der Waals surface area contributed by atoms with Crippen LogP contribution in [0.25, 0.3) is 33.6 Å². The Morgan fingerprint density at radius 3 is 2.63 bits per heavy atom. The van der Waals surface area contributed by atoms with Crippen LogP contribution in [0.5, 0.6) is 0 Å². The van der Waals surface area contributed by atoms with Crippen LogP contribution in [-0.2, 0) is 19.3 Å². The third kappa shape index (κ3) is 4.34. The van der Waals surface area contributed by atoms with E-state index in [1.54, 1.807) is 0 Å². The van der Waals surface area contributed by atoms with Crippen LogP contribution in [0.15, 0.2) is 90.6 Å². The van der Waals surface area contributed by atoms with Crippen LogP contribution in [0.2, 0.25) is 0 Å². The first-order valence-electron chi connectivity index (χ1n) is 15.4. The Hall–Kier alpha value is -4.29. The number of nitriles is 1. The van der Waals surface area contributed by atoms with Gasteiger partial charge >= 0.3 is 0 Å². The van der Waals surface area contributed by atoms with Crippen LogP contribution < -0.4 is 0 Å². The van der Waals surface area contributed by atoms with Gasteiger partial charge in [-0.15, -0.1) is 0 Å². The van der Waals surface area contributed by atoms with Crippen molar-refractivity contribution in [3.05, 3.63) is 119 Å². The summed E-state index contributed by atoms with van der Waals surface area (Å²) < 4.78 is 5.13. The predicted molar refractivity (Wildman–Crippen MR) is 172 cm³/mol. The number of nitrogens with zero attached hydrogens (tertiary/aromatic N) is 3. The Morgan fingerprint density at radius 2 is 1.78 bits per heavy atom. The second kappa shape index (κ2) is 10.9. The second-order valence-corrected chi connectivity index (χ2v) is 11.6. The normalized spacial score (nSPS) is 18.0. The molecule has 204 valence electrons. The molecule has 0 saturated carbocycles. The molecule has 0 amide bonds. The topological polar surface area (TPSA) is 33.6 Å². The average Bonchev–Trinajstić information content (AvgIpc) is 3.53. The SMILES string of the molecule is CCCCc1c2c(n(C3CC=CC=C3C#N)c1Cc1cccc3c4ccccc4n(C4=CC=CCC4)c13)CCC=C2. The zero-order valence-corrected chi connectivity index (χ0v) is 23.9. The summed E-state index contributed by atoms with van der Waals surface area (Å²) in [6.07, 6.45) is 27.1. The maximum absolute atomic E-state index is 10.2. The highest BCUT2D eigenvalue weighted by molar-refractivity contribution is 6.11. The second-order valence-electron chi connectivity index (χ2n) is 11.6. The van der Waals surface area contributed by atoms with E-state index in [2.05, 4.69) is 101 Å². The number of allylic oxidation sites excluding steroid dienone is 9. The van der Waals surface area contributed by atoms with Crippen LogP contribution in [0, 0.1) is 11.3 Å². The molecule has 0 fully saturated rings. The zero-order valence-electron chi connectivity index (χ0n) is 23.9. The molecule has 4 aromatic rings. The fourth-order valence-electron chi connectivity index (χ4n) is 7.30. The van der Waals surface area contributed by atoms with Gasteiger partial charge in [0.15, 0.2) is 0 Å². The van der Waals surface area contributed by atoms with Gasteiger partial charge in [-0.05, 0) is 79.9 Å². The molecule has 2 heterocycles. The van der Waals surface area contributed by atoms with Crippen LogP contribution >= 0.6 is 0 Å². The van der Waals surface area contributed by atoms with Crippen LogP contribution in [-0.4, -0.2) is 9.13 Å². The predicted octanol–water partition coefficient (Wildman–Crippen LogP) is 9.63. The lowest BCUT2D eigenvalue weighted by atomic mass is 9.95. The van der Waals surface area contributed by atoms with Crippen molar-refractivity contribution in [3.63, 3.8) is 0 Å². The van der Waals surface area contributed by atoms with Crippen molar-refractivity contribution in [1.29, 1.82) is 5.26 Å². The minimum absolute atomic E-state index is 0.0619. The highest BCUT2D eigenvalue weighted by atomic mass is 15.0. The number of unbranched alkanes of at least 4 members (excludes halogenated alkanes) is 1. The molecule has 3 aliphatic rings. The van der Waals surface area contributed by atoms with E-state index in [9.17, 15) is 5.26 Å². The van der Waals surface area contributed by atoms with Gasteiger partial charge in [0.25, 0.3) is 0 Å². The molecular weight excluding hydrogens is 498 g/mol. The van der Waals surface area contributed by atoms with E-state index >= 15 is 0 Å². The Morgan fingerprint density at radius 1 is 0.927 bits per heavy atom. The molecule has 2 aromatic carbocycles. The van der Waals surface area contributed by atoms with Crippen LogP contribution in [0.1, 0.15) is 79.6 Å². The van der Waals surface area contributed by atoms with E-state index in [4.69, 9.17) is 0 Å². The van der Waals surface area contributed by atoms with Crippen LogP contribution in [0.3, 0.4) is 0 Å². The van der Waals surface area contributed by atoms with Gasteiger partial charge in [0, 0.05) is 34.3 Å². The Balaban J connectivity index is 1.48. The van der Waals surface area contributed by atoms with Crippen molar-refractivity contribution in [2.75, 3.05) is 0 Å². The standard InChI is InChI=1S/C38H37N3/c1-2-3-18-31-30-19-8-12-24-36(30)41(34-22-10-7-14-28(34)26-39)37(31)25-27-15-13-21-33-32-20-9-11-23-35(32)40(38(27)33)29-16-5-4-6-17-29/h4-5,7-11,13-16,19-21,23,34H,2-3,6,12,17-18,22,24-25H2,1H3. The van der Waals surface area contributed by atoms with E-state index in [1.165, 1.54) is 68.4 Å². The van der Waals surface area contributed by atoms with Gasteiger partial charge < -0.3 is 9.13 Å². The van der Waals surface area contributed by atoms with Crippen molar-refractivity contribution in [2.24, 2.45) is 0 Å². The summed E-state index contributed by atoms with van der Waals surface area (Å²) in [5.74, 6) is 0. The van der Waals surface area contributed by atoms with Crippen molar-refractivity contribution in [3.8, 4) is 6.07 Å². The van der Waals surface area contributed by atoms with Crippen molar-refractivity contribution >= 4 is 33.6 Å². The van der Waals surface area contributed by atoms with E-state index in [0.717, 1.165) is 50.5 Å². The molecule has 0 radical (unpaired) electrons. The fraction of sp³-hybridized carbons (Fsp3) is 0.289. The maximum atomic E-state index is 10.2. The number of hydrogen-bond acceptors (Lipinski definition) is 1. The number of benzene rings is 2. The largest absolute Gasteiger partial charge is 0.339 e. The van der Waals surface area contributed by atoms with E-state index in [1.807, 2.05) is 12.2 Å². The monoisotopic (exact) mass is 535 g/mol. The molecule has 0 aliphatic heterocycles. The van der Waals surface area contributed by atoms with Crippen molar-refractivity contribution in [2.45, 2.75) is 70.8 Å². The zero-order chi connectivity index (χ0) is 27.8. The molecule has 3 aliphatic carbocycles. The third-order valence-corrected chi connectivity index (χ3v) is 9.16. The first-order chi connectivity index (χ1) is 20.3. The highest BCUT2D eigenvalue weighted by Gasteiger charge is 2.29. The molecule has 2 aromatic heterocycles. The molecule has 1 atom stereocenters. The summed E-state index contributed by atoms with van der Waals surface area (Å²) in [4.78, 5) is 0. The Labute approximate surface area is 243 Å². The third-order valence-electron chi connectivity index (χ3n) is 9.16. The van der Waals surface area contributed by atoms with E-state index in [0.29, 0.717) is 0 Å². The molecule has 41 heavy (non-hydrogen) atoms. The summed E-state index contributed by atoms with van der Waals surface area (Å²) in [6.45, 7) is 2.28. The molecule has 0 bridgehead atoms. The lowest BCUT2D eigenvalue weighted by Crippen LogP contribution is -2.19. The van der Waals surface area contributed by atoms with Gasteiger partial charge in [0.2, 0.25) is 0 Å². The first-order valence-corrected chi connectivity index (χ1v) is 15.4. The van der Waals surface area contributed by atoms with E-state index < -0.39 is 0 Å². The summed E-state index contributed by atoms with van der Waals surface area (Å²) in [5, 5.41) is 12.8. The fourth-order valence-corrected chi connectivity index (χ4v) is 7.30. The van der Waals surface area contributed by atoms with Gasteiger partial charge in [-0.2, -0.15) is 5.26 Å². The molecule has 0 saturated heterocycles. The molecule has 3 heteroatoms. The molecule has 3 nitrogen and oxygen atoms in total. The van der Waals surface area contributed by atoms with Gasteiger partial charge in [-0.25, -0.2) is 0 Å². The Bertz CT molecular complexity index is 1840. The van der Waals surface area contributed by atoms with Crippen molar-refractivity contribution in [1.82, 2.24) is 9.13 Å². The summed E-state index contributed by atoms with van der Waals surface area (Å²) in [7, 11) is 0. The average molecular weight is 536 g/mol. The number of fused-ring (bicyclic) bond motifs is 4. The lowest BCUT2D eigenvalue weighted by molar-refractivity contribution is 0.545. The number of rotatable bonds is 7. The summed E-state index contributed by atoms with van der Waals surface area (Å²) in [6, 6.07) is 18.4. The molecule has 0 spiro atoms. The smallest absolute Gasteiger partial charge is 0.0969 e. The molecule has 7 rings (SSSR count). The van der Waals surface area contributed by atoms with Gasteiger partial charge in [0.05, 0.1) is 28.7 Å². The number of hydrogen-bond donors (Lipinski definition) is 0. The van der Waals surface area contributed by atoms with E-state index in [-0.39, 0.29) is 6.04 Å². The molecular formula is C38H37N3. The molecule has 1 unspecified atom stereocenters. The maximum Gasteiger partial charge on any atom is 0.0969 e. The quantitative estimate of drug-likeness (QED) is 0.232. The lowest BCUT2D eigenvalue weighted by Gasteiger charge is -2.26. The summed E-state index contributed by atoms with van der Waals surface area (Å²) >= 11 is 0. The first kappa shape index (κ1) is 25.7. The van der Waals surface area contributed by atoms with Crippen molar-refractivity contribution < 1.29 is 0 Å². The van der Waals surface area contributed by atoms with Gasteiger partial charge in [0.1, 0.15) is 0 Å². The molecule has 0 N–H and O–H groups in total. The highest BCUT2D eigenvalue weighted by Crippen LogP contribution is 2.41. The van der Waals surface area contributed by atoms with Gasteiger partial charge in [-0.1, -0.05) is 86.2 Å². The summed E-state index contributed by atoms with van der Waals surface area (Å²) in [5.41, 5.74) is 11.9. The van der Waals surface area contributed by atoms with Crippen LogP contribution in [0.4, 0.5) is 0 Å². The minimum Gasteiger partial charge on any atom is -0.339 e. The van der Waals surface area contributed by atoms with Gasteiger partial charge in [-0.3, -0.25) is 0 Å². The number of aromatic nitrogens is 2. The Kier molecular flexibility index (Phi) is 6.85. The minimum atomic E-state index is 0.0619.